The van der Waals surface area contributed by atoms with Gasteiger partial charge in [-0.25, -0.2) is 22.4 Å². The van der Waals surface area contributed by atoms with Crippen LogP contribution in [-0.2, 0) is 15.1 Å². The largest absolute Gasteiger partial charge is 0.459 e. The van der Waals surface area contributed by atoms with Gasteiger partial charge in [0.2, 0.25) is 5.60 Å². The van der Waals surface area contributed by atoms with Gasteiger partial charge in [0, 0.05) is 24.0 Å². The lowest BCUT2D eigenvalue weighted by Gasteiger charge is -2.44. The maximum absolute atomic E-state index is 14.6. The number of carbonyl (C=O) groups excluding carboxylic acids is 1. The number of halogens is 4. The molecule has 1 saturated heterocycles. The van der Waals surface area contributed by atoms with Crippen LogP contribution < -0.4 is 0 Å². The molecule has 1 fully saturated rings. The van der Waals surface area contributed by atoms with Crippen molar-refractivity contribution in [2.45, 2.75) is 36.6 Å². The minimum Gasteiger partial charge on any atom is -0.459 e. The van der Waals surface area contributed by atoms with Gasteiger partial charge in [0.15, 0.2) is 23.3 Å². The SMILES string of the molecule is C[N+]1(C)C2C=CC1CC(OC(=O)C(O)(c1cccc(F)c1F)c1cccc(F)c1F)C2. The van der Waals surface area contributed by atoms with Crippen molar-refractivity contribution in [2.24, 2.45) is 0 Å². The van der Waals surface area contributed by atoms with Gasteiger partial charge in [0.25, 0.3) is 0 Å². The Balaban J connectivity index is 1.74. The minimum absolute atomic E-state index is 0.0708. The van der Waals surface area contributed by atoms with Crippen LogP contribution in [-0.4, -0.2) is 47.8 Å². The van der Waals surface area contributed by atoms with Crippen LogP contribution in [0.5, 0.6) is 0 Å². The van der Waals surface area contributed by atoms with Crippen LogP contribution in [0.1, 0.15) is 24.0 Å². The molecular weight excluding hydrogens is 414 g/mol. The number of carbonyl (C=O) groups is 1. The third-order valence-electron chi connectivity index (χ3n) is 6.53. The highest BCUT2D eigenvalue weighted by Gasteiger charge is 2.51. The van der Waals surface area contributed by atoms with Crippen molar-refractivity contribution in [1.29, 1.82) is 0 Å². The summed E-state index contributed by atoms with van der Waals surface area (Å²) in [5, 5.41) is 11.3. The summed E-state index contributed by atoms with van der Waals surface area (Å²) < 4.78 is 63.3. The van der Waals surface area contributed by atoms with Gasteiger partial charge in [-0.1, -0.05) is 24.3 Å². The van der Waals surface area contributed by atoms with E-state index in [2.05, 4.69) is 0 Å². The van der Waals surface area contributed by atoms with Crippen LogP contribution in [0.3, 0.4) is 0 Å². The first kappa shape index (κ1) is 21.5. The molecule has 0 radical (unpaired) electrons. The summed E-state index contributed by atoms with van der Waals surface area (Å²) in [4.78, 5) is 13.2. The van der Waals surface area contributed by atoms with E-state index in [1.54, 1.807) is 0 Å². The molecule has 2 aliphatic rings. The van der Waals surface area contributed by atoms with Crippen LogP contribution in [0.25, 0.3) is 0 Å². The number of esters is 1. The van der Waals surface area contributed by atoms with Crippen LogP contribution in [0.4, 0.5) is 17.6 Å². The molecule has 4 rings (SSSR count). The van der Waals surface area contributed by atoms with E-state index >= 15 is 0 Å². The molecule has 2 aromatic rings. The molecule has 4 nitrogen and oxygen atoms in total. The second-order valence-corrected chi connectivity index (χ2v) is 8.56. The molecule has 0 aliphatic carbocycles. The van der Waals surface area contributed by atoms with Crippen molar-refractivity contribution in [3.05, 3.63) is 82.9 Å². The summed E-state index contributed by atoms with van der Waals surface area (Å²) in [5.74, 6) is -7.18. The highest BCUT2D eigenvalue weighted by molar-refractivity contribution is 5.85. The first-order valence-electron chi connectivity index (χ1n) is 9.91. The average Bonchev–Trinajstić information content (AvgIpc) is 2.88. The van der Waals surface area contributed by atoms with E-state index in [1.165, 1.54) is 0 Å². The number of hydrogen-bond donors (Lipinski definition) is 1. The Bertz CT molecular complexity index is 999. The van der Waals surface area contributed by atoms with Gasteiger partial charge in [-0.05, 0) is 24.3 Å². The van der Waals surface area contributed by atoms with Gasteiger partial charge < -0.3 is 14.3 Å². The number of hydrogen-bond acceptors (Lipinski definition) is 3. The molecule has 2 heterocycles. The van der Waals surface area contributed by atoms with Crippen LogP contribution in [0.2, 0.25) is 0 Å². The molecule has 0 spiro atoms. The van der Waals surface area contributed by atoms with Gasteiger partial charge in [-0.2, -0.15) is 0 Å². The number of quaternary nitrogens is 1. The lowest BCUT2D eigenvalue weighted by Crippen LogP contribution is -2.57. The lowest BCUT2D eigenvalue weighted by molar-refractivity contribution is -0.926. The molecular formula is C23H22F4NO3+. The van der Waals surface area contributed by atoms with E-state index in [1.807, 2.05) is 26.2 Å². The molecule has 31 heavy (non-hydrogen) atoms. The summed E-state index contributed by atoms with van der Waals surface area (Å²) in [6, 6.07) is 5.73. The fourth-order valence-corrected chi connectivity index (χ4v) is 4.55. The van der Waals surface area contributed by atoms with E-state index in [0.29, 0.717) is 17.3 Å². The smallest absolute Gasteiger partial charge is 0.348 e. The van der Waals surface area contributed by atoms with Gasteiger partial charge in [0.05, 0.1) is 14.1 Å². The number of piperidine rings is 1. The van der Waals surface area contributed by atoms with Crippen molar-refractivity contribution in [3.8, 4) is 0 Å². The predicted octanol–water partition coefficient (Wildman–Crippen LogP) is 3.57. The molecule has 2 aromatic carbocycles. The monoisotopic (exact) mass is 436 g/mol. The number of benzene rings is 2. The van der Waals surface area contributed by atoms with Crippen LogP contribution in [0, 0.1) is 23.3 Å². The average molecular weight is 436 g/mol. The number of fused-ring (bicyclic) bond motifs is 2. The van der Waals surface area contributed by atoms with Crippen LogP contribution >= 0.6 is 0 Å². The maximum atomic E-state index is 14.6. The Morgan fingerprint density at radius 2 is 1.39 bits per heavy atom. The maximum Gasteiger partial charge on any atom is 0.348 e. The summed E-state index contributed by atoms with van der Waals surface area (Å²) in [5.41, 5.74) is -4.78. The first-order chi connectivity index (χ1) is 14.6. The number of ether oxygens (including phenoxy) is 1. The first-order valence-corrected chi connectivity index (χ1v) is 9.91. The Morgan fingerprint density at radius 3 is 1.84 bits per heavy atom. The number of rotatable bonds is 4. The summed E-state index contributed by atoms with van der Waals surface area (Å²) in [6.07, 6.45) is 4.31. The standard InChI is InChI=1S/C23H22F4NO3/c1-28(2)13-9-10-14(28)12-15(11-13)31-22(29)23(30,16-5-3-7-18(24)20(16)26)17-6-4-8-19(25)21(17)27/h3-10,13-15,30H,11-12H2,1-2H3/q+1. The zero-order valence-corrected chi connectivity index (χ0v) is 17.0. The fraction of sp³-hybridized carbons (Fsp3) is 0.348. The summed E-state index contributed by atoms with van der Waals surface area (Å²) >= 11 is 0. The molecule has 1 N–H and O–H groups in total. The minimum atomic E-state index is -3.08. The zero-order valence-electron chi connectivity index (χ0n) is 17.0. The predicted molar refractivity (Wildman–Crippen MR) is 104 cm³/mol. The quantitative estimate of drug-likeness (QED) is 0.345. The molecule has 8 heteroatoms. The van der Waals surface area contributed by atoms with E-state index in [9.17, 15) is 27.5 Å². The van der Waals surface area contributed by atoms with Crippen molar-refractivity contribution in [3.63, 3.8) is 0 Å². The molecule has 0 saturated carbocycles. The van der Waals surface area contributed by atoms with E-state index in [4.69, 9.17) is 4.74 Å². The van der Waals surface area contributed by atoms with Crippen molar-refractivity contribution in [1.82, 2.24) is 0 Å². The molecule has 2 aliphatic heterocycles. The van der Waals surface area contributed by atoms with Crippen molar-refractivity contribution in [2.75, 3.05) is 14.1 Å². The van der Waals surface area contributed by atoms with E-state index in [-0.39, 0.29) is 12.1 Å². The lowest BCUT2D eigenvalue weighted by atomic mass is 9.85. The second kappa shape index (κ2) is 7.46. The number of likely N-dealkylation sites (N-methyl/N-ethyl adjacent to an activating group) is 1. The van der Waals surface area contributed by atoms with Gasteiger partial charge in [-0.15, -0.1) is 0 Å². The number of nitrogens with zero attached hydrogens (tertiary/aromatic N) is 1. The zero-order chi connectivity index (χ0) is 22.6. The third-order valence-corrected chi connectivity index (χ3v) is 6.53. The Kier molecular flexibility index (Phi) is 5.18. The topological polar surface area (TPSA) is 46.5 Å². The van der Waals surface area contributed by atoms with Gasteiger partial charge in [0.1, 0.15) is 18.2 Å². The highest BCUT2D eigenvalue weighted by atomic mass is 19.2. The molecule has 2 unspecified atom stereocenters. The molecule has 0 aromatic heterocycles. The van der Waals surface area contributed by atoms with Gasteiger partial charge in [-0.3, -0.25) is 0 Å². The molecule has 2 atom stereocenters. The normalized spacial score (nSPS) is 24.3. The Labute approximate surface area is 177 Å². The van der Waals surface area contributed by atoms with E-state index < -0.39 is 52.1 Å². The second-order valence-electron chi connectivity index (χ2n) is 8.56. The van der Waals surface area contributed by atoms with Crippen molar-refractivity contribution >= 4 is 5.97 Å². The fourth-order valence-electron chi connectivity index (χ4n) is 4.55. The highest BCUT2D eigenvalue weighted by Crippen LogP contribution is 2.39. The molecule has 2 bridgehead atoms. The summed E-state index contributed by atoms with van der Waals surface area (Å²) in [7, 11) is 4.10. The summed E-state index contributed by atoms with van der Waals surface area (Å²) in [6.45, 7) is 0. The van der Waals surface area contributed by atoms with Crippen LogP contribution in [0.15, 0.2) is 48.6 Å². The Morgan fingerprint density at radius 1 is 0.935 bits per heavy atom. The Hall–Kier alpha value is -2.71. The van der Waals surface area contributed by atoms with Gasteiger partial charge >= 0.3 is 5.97 Å². The molecule has 0 amide bonds. The van der Waals surface area contributed by atoms with Crippen molar-refractivity contribution < 1.29 is 36.7 Å². The third kappa shape index (κ3) is 3.34. The molecule has 164 valence electrons. The number of aliphatic hydroxyl groups is 1. The van der Waals surface area contributed by atoms with E-state index in [0.717, 1.165) is 36.4 Å².